The second-order valence-corrected chi connectivity index (χ2v) is 5.30. The smallest absolute Gasteiger partial charge is 0.255 e. The molecule has 82 valence electrons. The van der Waals surface area contributed by atoms with Crippen molar-refractivity contribution in [3.8, 4) is 0 Å². The number of alkyl halides is 2. The molecule has 1 aliphatic rings. The van der Waals surface area contributed by atoms with Crippen molar-refractivity contribution < 1.29 is 4.79 Å². The van der Waals surface area contributed by atoms with E-state index in [1.807, 2.05) is 0 Å². The Morgan fingerprint density at radius 2 is 1.79 bits per heavy atom. The van der Waals surface area contributed by atoms with Crippen LogP contribution in [0.3, 0.4) is 0 Å². The summed E-state index contributed by atoms with van der Waals surface area (Å²) in [5.74, 6) is 1.30. The van der Waals surface area contributed by atoms with E-state index in [-0.39, 0.29) is 5.91 Å². The van der Waals surface area contributed by atoms with Crippen molar-refractivity contribution in [1.29, 1.82) is 0 Å². The maximum Gasteiger partial charge on any atom is 0.255 e. The lowest BCUT2D eigenvalue weighted by Gasteiger charge is -2.34. The van der Waals surface area contributed by atoms with E-state index in [1.54, 1.807) is 4.90 Å². The average Bonchev–Trinajstić information content (AvgIpc) is 2.16. The summed E-state index contributed by atoms with van der Waals surface area (Å²) in [5.41, 5.74) is 0. The molecule has 1 rings (SSSR count). The van der Waals surface area contributed by atoms with E-state index >= 15 is 0 Å². The molecule has 0 spiro atoms. The van der Waals surface area contributed by atoms with Crippen molar-refractivity contribution >= 4 is 29.1 Å². The largest absolute Gasteiger partial charge is 0.340 e. The summed E-state index contributed by atoms with van der Waals surface area (Å²) in [4.78, 5) is 12.3. The first-order valence-corrected chi connectivity index (χ1v) is 5.96. The van der Waals surface area contributed by atoms with Gasteiger partial charge in [-0.25, -0.2) is 0 Å². The van der Waals surface area contributed by atoms with Crippen LogP contribution in [-0.4, -0.2) is 28.7 Å². The average molecular weight is 238 g/mol. The van der Waals surface area contributed by atoms with Gasteiger partial charge in [0.2, 0.25) is 0 Å². The third-order valence-electron chi connectivity index (χ3n) is 2.98. The number of carbonyl (C=O) groups is 1. The lowest BCUT2D eigenvalue weighted by molar-refractivity contribution is -0.130. The molecular formula is C10H17Cl2NO. The highest BCUT2D eigenvalue weighted by atomic mass is 35.5. The molecule has 1 heterocycles. The predicted octanol–water partition coefficient (Wildman–Crippen LogP) is 2.68. The molecular weight excluding hydrogens is 221 g/mol. The quantitative estimate of drug-likeness (QED) is 0.677. The fraction of sp³-hybridized carbons (Fsp3) is 0.900. The van der Waals surface area contributed by atoms with Gasteiger partial charge in [0, 0.05) is 13.1 Å². The number of rotatable bonds is 2. The van der Waals surface area contributed by atoms with Gasteiger partial charge in [0.15, 0.2) is 4.84 Å². The molecule has 1 aliphatic heterocycles. The molecule has 0 aromatic heterocycles. The van der Waals surface area contributed by atoms with Crippen LogP contribution in [0.4, 0.5) is 0 Å². The Kier molecular flexibility index (Phi) is 4.52. The molecule has 0 aromatic rings. The second-order valence-electron chi connectivity index (χ2n) is 4.21. The molecule has 0 bridgehead atoms. The van der Waals surface area contributed by atoms with Crippen LogP contribution in [0, 0.1) is 11.8 Å². The summed E-state index contributed by atoms with van der Waals surface area (Å²) >= 11 is 11.1. The van der Waals surface area contributed by atoms with Gasteiger partial charge in [0.05, 0.1) is 0 Å². The highest BCUT2D eigenvalue weighted by molar-refractivity contribution is 6.53. The molecule has 0 radical (unpaired) electrons. The van der Waals surface area contributed by atoms with Gasteiger partial charge in [-0.05, 0) is 24.7 Å². The molecule has 4 heteroatoms. The van der Waals surface area contributed by atoms with Gasteiger partial charge in [-0.2, -0.15) is 0 Å². The molecule has 1 saturated heterocycles. The van der Waals surface area contributed by atoms with E-state index in [2.05, 4.69) is 13.8 Å². The lowest BCUT2D eigenvalue weighted by atomic mass is 9.87. The minimum Gasteiger partial charge on any atom is -0.340 e. The molecule has 1 fully saturated rings. The summed E-state index contributed by atoms with van der Waals surface area (Å²) in [7, 11) is 0. The summed E-state index contributed by atoms with van der Waals surface area (Å²) in [6.45, 7) is 6.07. The first kappa shape index (κ1) is 12.1. The van der Waals surface area contributed by atoms with Crippen LogP contribution in [0.2, 0.25) is 0 Å². The summed E-state index contributed by atoms with van der Waals surface area (Å²) in [6.07, 6.45) is 2.15. The van der Waals surface area contributed by atoms with Crippen molar-refractivity contribution in [2.45, 2.75) is 31.5 Å². The predicted molar refractivity (Wildman–Crippen MR) is 59.6 cm³/mol. The van der Waals surface area contributed by atoms with Crippen LogP contribution in [0.15, 0.2) is 0 Å². The molecule has 1 amide bonds. The van der Waals surface area contributed by atoms with E-state index in [9.17, 15) is 4.79 Å². The Hall–Kier alpha value is 0.0500. The van der Waals surface area contributed by atoms with Gasteiger partial charge in [-0.3, -0.25) is 4.79 Å². The zero-order valence-corrected chi connectivity index (χ0v) is 10.2. The second kappa shape index (κ2) is 5.22. The van der Waals surface area contributed by atoms with Crippen molar-refractivity contribution in [1.82, 2.24) is 4.90 Å². The third kappa shape index (κ3) is 3.03. The van der Waals surface area contributed by atoms with Gasteiger partial charge in [0.1, 0.15) is 0 Å². The standard InChI is InChI=1S/C10H17Cl2NO/c1-7(2)8-3-5-13(6-4-8)10(14)9(11)12/h7-9H,3-6H2,1-2H3. The van der Waals surface area contributed by atoms with Crippen LogP contribution in [0.25, 0.3) is 0 Å². The number of likely N-dealkylation sites (tertiary alicyclic amines) is 1. The molecule has 2 nitrogen and oxygen atoms in total. The van der Waals surface area contributed by atoms with Gasteiger partial charge >= 0.3 is 0 Å². The number of halogens is 2. The Labute approximate surface area is 95.5 Å². The van der Waals surface area contributed by atoms with Crippen LogP contribution in [0.1, 0.15) is 26.7 Å². The number of amides is 1. The zero-order chi connectivity index (χ0) is 10.7. The zero-order valence-electron chi connectivity index (χ0n) is 8.67. The highest BCUT2D eigenvalue weighted by Crippen LogP contribution is 2.25. The highest BCUT2D eigenvalue weighted by Gasteiger charge is 2.26. The summed E-state index contributed by atoms with van der Waals surface area (Å²) in [5, 5.41) is 0. The molecule has 14 heavy (non-hydrogen) atoms. The number of nitrogens with zero attached hydrogens (tertiary/aromatic N) is 1. The van der Waals surface area contributed by atoms with E-state index < -0.39 is 4.84 Å². The molecule has 0 atom stereocenters. The van der Waals surface area contributed by atoms with E-state index in [0.717, 1.165) is 31.8 Å². The van der Waals surface area contributed by atoms with Gasteiger partial charge in [-0.1, -0.05) is 37.0 Å². The Balaban J connectivity index is 2.39. The van der Waals surface area contributed by atoms with E-state index in [0.29, 0.717) is 5.92 Å². The van der Waals surface area contributed by atoms with Crippen molar-refractivity contribution in [3.05, 3.63) is 0 Å². The lowest BCUT2D eigenvalue weighted by Crippen LogP contribution is -2.41. The minimum absolute atomic E-state index is 0.143. The van der Waals surface area contributed by atoms with E-state index in [4.69, 9.17) is 23.2 Å². The Morgan fingerprint density at radius 3 is 2.14 bits per heavy atom. The van der Waals surface area contributed by atoms with Crippen LogP contribution in [-0.2, 0) is 4.79 Å². The van der Waals surface area contributed by atoms with Crippen molar-refractivity contribution in [2.75, 3.05) is 13.1 Å². The van der Waals surface area contributed by atoms with Crippen LogP contribution < -0.4 is 0 Å². The number of hydrogen-bond donors (Lipinski definition) is 0. The fourth-order valence-electron chi connectivity index (χ4n) is 1.92. The topological polar surface area (TPSA) is 20.3 Å². The van der Waals surface area contributed by atoms with Crippen molar-refractivity contribution in [3.63, 3.8) is 0 Å². The van der Waals surface area contributed by atoms with Gasteiger partial charge in [-0.15, -0.1) is 0 Å². The maximum absolute atomic E-state index is 11.4. The van der Waals surface area contributed by atoms with Crippen LogP contribution >= 0.6 is 23.2 Å². The van der Waals surface area contributed by atoms with Gasteiger partial charge < -0.3 is 4.90 Å². The molecule has 0 unspecified atom stereocenters. The molecule has 0 saturated carbocycles. The minimum atomic E-state index is -0.898. The van der Waals surface area contributed by atoms with E-state index in [1.165, 1.54) is 0 Å². The van der Waals surface area contributed by atoms with Crippen molar-refractivity contribution in [2.24, 2.45) is 11.8 Å². The monoisotopic (exact) mass is 237 g/mol. The summed E-state index contributed by atoms with van der Waals surface area (Å²) in [6, 6.07) is 0. The molecule has 0 aromatic carbocycles. The third-order valence-corrected chi connectivity index (χ3v) is 3.35. The SMILES string of the molecule is CC(C)C1CCN(C(=O)C(Cl)Cl)CC1. The first-order chi connectivity index (χ1) is 6.52. The Bertz CT molecular complexity index is 198. The fourth-order valence-corrected chi connectivity index (χ4v) is 2.20. The Morgan fingerprint density at radius 1 is 1.29 bits per heavy atom. The first-order valence-electron chi connectivity index (χ1n) is 5.09. The normalized spacial score (nSPS) is 19.4. The molecule has 0 N–H and O–H groups in total. The van der Waals surface area contributed by atoms with Crippen LogP contribution in [0.5, 0.6) is 0 Å². The number of carbonyl (C=O) groups excluding carboxylic acids is 1. The van der Waals surface area contributed by atoms with Gasteiger partial charge in [0.25, 0.3) is 5.91 Å². The maximum atomic E-state index is 11.4. The number of piperidine rings is 1. The molecule has 0 aliphatic carbocycles. The number of hydrogen-bond acceptors (Lipinski definition) is 1. The summed E-state index contributed by atoms with van der Waals surface area (Å²) < 4.78 is 0.